The van der Waals surface area contributed by atoms with Crippen LogP contribution in [0.3, 0.4) is 0 Å². The van der Waals surface area contributed by atoms with Crippen LogP contribution in [-0.4, -0.2) is 24.3 Å². The molecule has 7 heteroatoms. The number of sulfone groups is 1. The van der Waals surface area contributed by atoms with E-state index in [1.54, 1.807) is 24.3 Å². The third kappa shape index (κ3) is 4.35. The number of aryl methyl sites for hydroxylation is 1. The van der Waals surface area contributed by atoms with Crippen LogP contribution in [0.4, 0.5) is 4.39 Å². The fourth-order valence-corrected chi connectivity index (χ4v) is 5.74. The Morgan fingerprint density at radius 3 is 2.09 bits per heavy atom. The number of hydrogen-bond donors (Lipinski definition) is 1. The zero-order chi connectivity index (χ0) is 24.6. The monoisotopic (exact) mass is 479 g/mol. The summed E-state index contributed by atoms with van der Waals surface area (Å²) in [6.07, 6.45) is 0. The highest BCUT2D eigenvalue weighted by molar-refractivity contribution is 7.95. The van der Waals surface area contributed by atoms with E-state index in [1.165, 1.54) is 41.3 Å². The Bertz CT molecular complexity index is 1340. The molecule has 5 nitrogen and oxygen atoms in total. The molecule has 1 unspecified atom stereocenters. The molecule has 3 aromatic carbocycles. The normalized spacial score (nSPS) is 16.6. The Hall–Kier alpha value is -3.45. The Kier molecular flexibility index (Phi) is 6.32. The number of benzene rings is 3. The smallest absolute Gasteiger partial charge is 0.290 e. The van der Waals surface area contributed by atoms with Crippen molar-refractivity contribution in [1.82, 2.24) is 4.90 Å². The van der Waals surface area contributed by atoms with Gasteiger partial charge in [-0.05, 0) is 53.8 Å². The molecule has 0 aromatic heterocycles. The number of aliphatic hydroxyl groups excluding tert-OH is 1. The van der Waals surface area contributed by atoms with E-state index in [9.17, 15) is 22.7 Å². The van der Waals surface area contributed by atoms with Gasteiger partial charge in [0.25, 0.3) is 5.91 Å². The van der Waals surface area contributed by atoms with Gasteiger partial charge in [-0.1, -0.05) is 67.9 Å². The van der Waals surface area contributed by atoms with Gasteiger partial charge < -0.3 is 10.0 Å². The summed E-state index contributed by atoms with van der Waals surface area (Å²) in [6.45, 7) is 5.95. The lowest BCUT2D eigenvalue weighted by Crippen LogP contribution is -2.30. The quantitative estimate of drug-likeness (QED) is 0.501. The molecule has 0 saturated heterocycles. The average molecular weight is 480 g/mol. The fraction of sp³-hybridized carbons (Fsp3) is 0.222. The van der Waals surface area contributed by atoms with Gasteiger partial charge in [0, 0.05) is 6.54 Å². The predicted molar refractivity (Wildman–Crippen MR) is 128 cm³/mol. The van der Waals surface area contributed by atoms with Crippen LogP contribution in [-0.2, 0) is 21.2 Å². The lowest BCUT2D eigenvalue weighted by Gasteiger charge is -2.27. The first-order chi connectivity index (χ1) is 16.1. The van der Waals surface area contributed by atoms with E-state index in [2.05, 4.69) is 0 Å². The molecule has 176 valence electrons. The molecule has 0 radical (unpaired) electrons. The molecule has 1 amide bonds. The van der Waals surface area contributed by atoms with Crippen LogP contribution in [0.5, 0.6) is 0 Å². The predicted octanol–water partition coefficient (Wildman–Crippen LogP) is 5.58. The lowest BCUT2D eigenvalue weighted by atomic mass is 9.98. The van der Waals surface area contributed by atoms with Crippen molar-refractivity contribution in [2.24, 2.45) is 0 Å². The van der Waals surface area contributed by atoms with Gasteiger partial charge in [-0.15, -0.1) is 0 Å². The van der Waals surface area contributed by atoms with E-state index in [1.807, 2.05) is 32.9 Å². The van der Waals surface area contributed by atoms with Gasteiger partial charge in [0.15, 0.2) is 5.76 Å². The van der Waals surface area contributed by atoms with Gasteiger partial charge in [0.05, 0.1) is 10.9 Å². The average Bonchev–Trinajstić information content (AvgIpc) is 3.06. The molecule has 4 rings (SSSR count). The highest BCUT2D eigenvalue weighted by Crippen LogP contribution is 2.43. The van der Waals surface area contributed by atoms with Crippen molar-refractivity contribution in [3.05, 3.63) is 112 Å². The summed E-state index contributed by atoms with van der Waals surface area (Å²) in [4.78, 5) is 14.1. The number of rotatable bonds is 6. The number of carbonyl (C=O) groups is 1. The van der Waals surface area contributed by atoms with E-state index >= 15 is 0 Å². The summed E-state index contributed by atoms with van der Waals surface area (Å²) in [5.41, 5.74) is 3.13. The minimum absolute atomic E-state index is 0.000109. The third-order valence-corrected chi connectivity index (χ3v) is 7.95. The number of amides is 1. The fourth-order valence-electron chi connectivity index (χ4n) is 4.09. The zero-order valence-corrected chi connectivity index (χ0v) is 20.0. The van der Waals surface area contributed by atoms with Gasteiger partial charge in [-0.2, -0.15) is 0 Å². The first-order valence-electron chi connectivity index (χ1n) is 11.0. The van der Waals surface area contributed by atoms with Gasteiger partial charge in [0.1, 0.15) is 10.7 Å². The molecule has 1 atom stereocenters. The Labute approximate surface area is 199 Å². The second-order valence-electron chi connectivity index (χ2n) is 8.81. The number of carbonyl (C=O) groups excluding carboxylic acids is 1. The van der Waals surface area contributed by atoms with Crippen LogP contribution in [0.25, 0.3) is 0 Å². The molecular formula is C27H26FNO4S. The molecule has 34 heavy (non-hydrogen) atoms. The molecule has 0 fully saturated rings. The van der Waals surface area contributed by atoms with E-state index < -0.39 is 33.4 Å². The number of halogens is 1. The first-order valence-corrected chi connectivity index (χ1v) is 12.5. The molecular weight excluding hydrogens is 453 g/mol. The largest absolute Gasteiger partial charge is 0.502 e. The number of nitrogens with zero attached hydrogens (tertiary/aromatic N) is 1. The third-order valence-electron chi connectivity index (χ3n) is 6.06. The minimum Gasteiger partial charge on any atom is -0.502 e. The number of aliphatic hydroxyl groups is 1. The maximum Gasteiger partial charge on any atom is 0.290 e. The van der Waals surface area contributed by atoms with E-state index in [0.29, 0.717) is 11.1 Å². The second kappa shape index (κ2) is 9.06. The van der Waals surface area contributed by atoms with E-state index in [4.69, 9.17) is 0 Å². The van der Waals surface area contributed by atoms with Gasteiger partial charge >= 0.3 is 0 Å². The Morgan fingerprint density at radius 1 is 0.941 bits per heavy atom. The Morgan fingerprint density at radius 2 is 1.53 bits per heavy atom. The van der Waals surface area contributed by atoms with Crippen LogP contribution < -0.4 is 0 Å². The van der Waals surface area contributed by atoms with Crippen LogP contribution in [0.1, 0.15) is 48.1 Å². The van der Waals surface area contributed by atoms with Gasteiger partial charge in [-0.3, -0.25) is 4.79 Å². The van der Waals surface area contributed by atoms with Crippen molar-refractivity contribution in [1.29, 1.82) is 0 Å². The van der Waals surface area contributed by atoms with Crippen LogP contribution in [0, 0.1) is 12.7 Å². The molecule has 1 aliphatic heterocycles. The van der Waals surface area contributed by atoms with Crippen LogP contribution >= 0.6 is 0 Å². The summed E-state index contributed by atoms with van der Waals surface area (Å²) >= 11 is 0. The van der Waals surface area contributed by atoms with Crippen LogP contribution in [0.2, 0.25) is 0 Å². The van der Waals surface area contributed by atoms with Crippen molar-refractivity contribution < 1.29 is 22.7 Å². The van der Waals surface area contributed by atoms with Crippen molar-refractivity contribution >= 4 is 15.7 Å². The highest BCUT2D eigenvalue weighted by atomic mass is 32.2. The minimum atomic E-state index is -4.19. The highest BCUT2D eigenvalue weighted by Gasteiger charge is 2.46. The zero-order valence-electron chi connectivity index (χ0n) is 19.2. The Balaban J connectivity index is 1.84. The van der Waals surface area contributed by atoms with E-state index in [0.717, 1.165) is 11.1 Å². The maximum absolute atomic E-state index is 13.7. The summed E-state index contributed by atoms with van der Waals surface area (Å²) in [7, 11) is -4.19. The topological polar surface area (TPSA) is 74.7 Å². The van der Waals surface area contributed by atoms with Crippen molar-refractivity contribution in [2.45, 2.75) is 44.2 Å². The molecule has 0 bridgehead atoms. The molecule has 0 aliphatic carbocycles. The van der Waals surface area contributed by atoms with Gasteiger partial charge in [-0.25, -0.2) is 12.8 Å². The van der Waals surface area contributed by atoms with E-state index in [-0.39, 0.29) is 22.3 Å². The SMILES string of the molecule is Cc1ccc(S(=O)(=O)C2=C(O)C(=O)N(Cc3ccc(F)cc3)C2c2ccc(C(C)C)cc2)cc1. The molecule has 1 heterocycles. The van der Waals surface area contributed by atoms with Gasteiger partial charge in [0.2, 0.25) is 9.84 Å². The number of hydrogen-bond acceptors (Lipinski definition) is 4. The molecule has 1 N–H and O–H groups in total. The molecule has 0 saturated carbocycles. The summed E-state index contributed by atoms with van der Waals surface area (Å²) in [5.74, 6) is -1.72. The second-order valence-corrected chi connectivity index (χ2v) is 10.7. The molecule has 0 spiro atoms. The standard InChI is InChI=1S/C27H26FNO4S/c1-17(2)20-8-10-21(11-9-20)24-26(34(32,33)23-14-4-18(3)5-15-23)25(30)27(31)29(24)16-19-6-12-22(28)13-7-19/h4-15,17,24,30H,16H2,1-3H3. The summed E-state index contributed by atoms with van der Waals surface area (Å²) in [6, 6.07) is 18.2. The summed E-state index contributed by atoms with van der Waals surface area (Å²) < 4.78 is 40.7. The first kappa shape index (κ1) is 23.7. The van der Waals surface area contributed by atoms with Crippen molar-refractivity contribution in [3.63, 3.8) is 0 Å². The van der Waals surface area contributed by atoms with Crippen molar-refractivity contribution in [2.75, 3.05) is 0 Å². The maximum atomic E-state index is 13.7. The summed E-state index contributed by atoms with van der Waals surface area (Å²) in [5, 5.41) is 10.8. The molecule has 3 aromatic rings. The van der Waals surface area contributed by atoms with Crippen molar-refractivity contribution in [3.8, 4) is 0 Å². The molecule has 1 aliphatic rings. The lowest BCUT2D eigenvalue weighted by molar-refractivity contribution is -0.130. The van der Waals surface area contributed by atoms with Crippen LogP contribution in [0.15, 0.2) is 88.4 Å².